The molecular weight excluding hydrogens is 357 g/mol. The number of hydrogen-bond acceptors (Lipinski definition) is 2. The molecule has 0 radical (unpaired) electrons. The van der Waals surface area contributed by atoms with Gasteiger partial charge in [0.15, 0.2) is 0 Å². The Morgan fingerprint density at radius 3 is 2.44 bits per heavy atom. The van der Waals surface area contributed by atoms with E-state index in [0.29, 0.717) is 23.8 Å². The molecule has 0 aliphatic carbocycles. The van der Waals surface area contributed by atoms with Gasteiger partial charge in [-0.1, -0.05) is 47.5 Å². The number of nitrogens with one attached hydrogen (secondary N) is 1. The Morgan fingerprint density at radius 2 is 1.72 bits per heavy atom. The summed E-state index contributed by atoms with van der Waals surface area (Å²) in [6.45, 7) is 2.84. The molecule has 25 heavy (non-hydrogen) atoms. The Kier molecular flexibility index (Phi) is 4.32. The van der Waals surface area contributed by atoms with Gasteiger partial charge in [0.05, 0.1) is 5.02 Å². The zero-order valence-corrected chi connectivity index (χ0v) is 15.0. The molecule has 0 unspecified atom stereocenters. The predicted molar refractivity (Wildman–Crippen MR) is 103 cm³/mol. The topological polar surface area (TPSA) is 39.3 Å². The van der Waals surface area contributed by atoms with Gasteiger partial charge in [0, 0.05) is 47.8 Å². The summed E-state index contributed by atoms with van der Waals surface area (Å²) in [6, 6.07) is 15.5. The normalized spacial score (nSPS) is 15.0. The van der Waals surface area contributed by atoms with Crippen molar-refractivity contribution in [3.63, 3.8) is 0 Å². The van der Waals surface area contributed by atoms with Crippen LogP contribution in [0.15, 0.2) is 48.5 Å². The average molecular weight is 374 g/mol. The smallest absolute Gasteiger partial charge is 0.271 e. The van der Waals surface area contributed by atoms with Gasteiger partial charge in [-0.3, -0.25) is 4.79 Å². The van der Waals surface area contributed by atoms with Crippen LogP contribution in [0.3, 0.4) is 0 Å². The van der Waals surface area contributed by atoms with Crippen molar-refractivity contribution in [1.29, 1.82) is 0 Å². The number of piperazine rings is 1. The lowest BCUT2D eigenvalue weighted by atomic mass is 10.2. The quantitative estimate of drug-likeness (QED) is 0.721. The van der Waals surface area contributed by atoms with Gasteiger partial charge < -0.3 is 14.8 Å². The molecule has 3 aromatic rings. The molecule has 1 N–H and O–H groups in total. The molecule has 2 heterocycles. The van der Waals surface area contributed by atoms with E-state index in [4.69, 9.17) is 23.2 Å². The predicted octanol–water partition coefficient (Wildman–Crippen LogP) is 4.44. The molecule has 0 spiro atoms. The van der Waals surface area contributed by atoms with Crippen molar-refractivity contribution in [2.45, 2.75) is 0 Å². The van der Waals surface area contributed by atoms with Crippen LogP contribution in [0.1, 0.15) is 10.5 Å². The fourth-order valence-electron chi connectivity index (χ4n) is 3.25. The Bertz CT molecular complexity index is 929. The highest BCUT2D eigenvalue weighted by Crippen LogP contribution is 2.28. The van der Waals surface area contributed by atoms with Gasteiger partial charge in [0.2, 0.25) is 0 Å². The monoisotopic (exact) mass is 373 g/mol. The number of carbonyl (C=O) groups excluding carboxylic acids is 1. The first-order chi connectivity index (χ1) is 12.1. The van der Waals surface area contributed by atoms with Crippen LogP contribution in [0.4, 0.5) is 5.69 Å². The summed E-state index contributed by atoms with van der Waals surface area (Å²) in [5.41, 5.74) is 2.44. The largest absolute Gasteiger partial charge is 0.368 e. The summed E-state index contributed by atoms with van der Waals surface area (Å²) in [7, 11) is 0. The number of benzene rings is 2. The number of nitrogens with zero attached hydrogens (tertiary/aromatic N) is 2. The van der Waals surface area contributed by atoms with E-state index >= 15 is 0 Å². The lowest BCUT2D eigenvalue weighted by Crippen LogP contribution is -2.49. The zero-order valence-electron chi connectivity index (χ0n) is 13.5. The number of amides is 1. The fraction of sp³-hybridized carbons (Fsp3) is 0.211. The standard InChI is InChI=1S/C19H17Cl2N3O/c20-13-4-3-5-14(12-13)23-8-10-24(11-9-23)19(25)18-17(21)15-6-1-2-7-16(15)22-18/h1-7,12,22H,8-11H2. The maximum Gasteiger partial charge on any atom is 0.271 e. The highest BCUT2D eigenvalue weighted by Gasteiger charge is 2.25. The number of H-pyrrole nitrogens is 1. The number of aromatic amines is 1. The summed E-state index contributed by atoms with van der Waals surface area (Å²) in [5, 5.41) is 2.10. The summed E-state index contributed by atoms with van der Waals surface area (Å²) in [5.74, 6) is -0.0491. The van der Waals surface area contributed by atoms with Crippen molar-refractivity contribution in [2.24, 2.45) is 0 Å². The number of anilines is 1. The number of rotatable bonds is 2. The molecule has 1 fully saturated rings. The molecule has 1 saturated heterocycles. The third-order valence-electron chi connectivity index (χ3n) is 4.60. The van der Waals surface area contributed by atoms with Crippen LogP contribution >= 0.6 is 23.2 Å². The van der Waals surface area contributed by atoms with E-state index in [2.05, 4.69) is 9.88 Å². The van der Waals surface area contributed by atoms with E-state index in [9.17, 15) is 4.79 Å². The average Bonchev–Trinajstić information content (AvgIpc) is 2.98. The molecule has 4 nitrogen and oxygen atoms in total. The summed E-state index contributed by atoms with van der Waals surface area (Å²) >= 11 is 12.5. The Labute approximate surface area is 155 Å². The van der Waals surface area contributed by atoms with Gasteiger partial charge in [-0.2, -0.15) is 0 Å². The second kappa shape index (κ2) is 6.62. The maximum absolute atomic E-state index is 12.9. The number of para-hydroxylation sites is 1. The van der Waals surface area contributed by atoms with Crippen LogP contribution in [0, 0.1) is 0 Å². The molecule has 1 amide bonds. The molecular formula is C19H17Cl2N3O. The third kappa shape index (κ3) is 3.08. The number of hydrogen-bond donors (Lipinski definition) is 1. The van der Waals surface area contributed by atoms with Gasteiger partial charge in [-0.15, -0.1) is 0 Å². The van der Waals surface area contributed by atoms with E-state index in [1.807, 2.05) is 53.4 Å². The SMILES string of the molecule is O=C(c1[nH]c2ccccc2c1Cl)N1CCN(c2cccc(Cl)c2)CC1. The number of carbonyl (C=O) groups is 1. The van der Waals surface area contributed by atoms with Crippen molar-refractivity contribution in [3.05, 3.63) is 64.3 Å². The van der Waals surface area contributed by atoms with Crippen LogP contribution in [0.2, 0.25) is 10.0 Å². The third-order valence-corrected chi connectivity index (χ3v) is 5.22. The van der Waals surface area contributed by atoms with Crippen LogP contribution in [-0.4, -0.2) is 42.0 Å². The lowest BCUT2D eigenvalue weighted by molar-refractivity contribution is 0.0742. The number of fused-ring (bicyclic) bond motifs is 1. The van der Waals surface area contributed by atoms with E-state index in [1.54, 1.807) is 0 Å². The number of halogens is 2. The van der Waals surface area contributed by atoms with Gasteiger partial charge in [0.1, 0.15) is 5.69 Å². The van der Waals surface area contributed by atoms with Crippen LogP contribution in [0.5, 0.6) is 0 Å². The fourth-order valence-corrected chi connectivity index (χ4v) is 3.73. The minimum atomic E-state index is -0.0491. The van der Waals surface area contributed by atoms with Crippen molar-refractivity contribution < 1.29 is 4.79 Å². The van der Waals surface area contributed by atoms with Gasteiger partial charge in [-0.05, 0) is 24.3 Å². The van der Waals surface area contributed by atoms with Crippen molar-refractivity contribution in [1.82, 2.24) is 9.88 Å². The molecule has 1 aliphatic rings. The first kappa shape index (κ1) is 16.3. The van der Waals surface area contributed by atoms with Crippen LogP contribution in [-0.2, 0) is 0 Å². The molecule has 1 aliphatic heterocycles. The van der Waals surface area contributed by atoms with Crippen molar-refractivity contribution >= 4 is 45.7 Å². The van der Waals surface area contributed by atoms with Crippen LogP contribution in [0.25, 0.3) is 10.9 Å². The van der Waals surface area contributed by atoms with Crippen molar-refractivity contribution in [2.75, 3.05) is 31.1 Å². The van der Waals surface area contributed by atoms with Gasteiger partial charge in [-0.25, -0.2) is 0 Å². The van der Waals surface area contributed by atoms with E-state index in [0.717, 1.165) is 34.7 Å². The molecule has 128 valence electrons. The lowest BCUT2D eigenvalue weighted by Gasteiger charge is -2.36. The Hall–Kier alpha value is -2.17. The maximum atomic E-state index is 12.9. The molecule has 0 atom stereocenters. The van der Waals surface area contributed by atoms with Gasteiger partial charge in [0.25, 0.3) is 5.91 Å². The Balaban J connectivity index is 1.50. The summed E-state index contributed by atoms with van der Waals surface area (Å²) < 4.78 is 0. The summed E-state index contributed by atoms with van der Waals surface area (Å²) in [6.07, 6.45) is 0. The molecule has 4 rings (SSSR count). The second-order valence-electron chi connectivity index (χ2n) is 6.12. The van der Waals surface area contributed by atoms with E-state index < -0.39 is 0 Å². The number of aromatic nitrogens is 1. The van der Waals surface area contributed by atoms with Crippen molar-refractivity contribution in [3.8, 4) is 0 Å². The highest BCUT2D eigenvalue weighted by molar-refractivity contribution is 6.38. The van der Waals surface area contributed by atoms with Crippen LogP contribution < -0.4 is 4.90 Å². The molecule has 0 bridgehead atoms. The first-order valence-electron chi connectivity index (χ1n) is 8.19. The molecule has 2 aromatic carbocycles. The summed E-state index contributed by atoms with van der Waals surface area (Å²) in [4.78, 5) is 20.1. The minimum absolute atomic E-state index is 0.0491. The minimum Gasteiger partial charge on any atom is -0.368 e. The first-order valence-corrected chi connectivity index (χ1v) is 8.95. The zero-order chi connectivity index (χ0) is 17.4. The van der Waals surface area contributed by atoms with E-state index in [1.165, 1.54) is 0 Å². The second-order valence-corrected chi connectivity index (χ2v) is 6.93. The van der Waals surface area contributed by atoms with Gasteiger partial charge >= 0.3 is 0 Å². The van der Waals surface area contributed by atoms with E-state index in [-0.39, 0.29) is 5.91 Å². The molecule has 0 saturated carbocycles. The highest BCUT2D eigenvalue weighted by atomic mass is 35.5. The molecule has 6 heteroatoms. The molecule has 1 aromatic heterocycles. The Morgan fingerprint density at radius 1 is 0.960 bits per heavy atom.